The van der Waals surface area contributed by atoms with Crippen LogP contribution < -0.4 is 14.8 Å². The second-order valence-electron chi connectivity index (χ2n) is 7.44. The van der Waals surface area contributed by atoms with Crippen molar-refractivity contribution in [3.63, 3.8) is 0 Å². The van der Waals surface area contributed by atoms with Gasteiger partial charge in [0.05, 0.1) is 18.1 Å². The first-order chi connectivity index (χ1) is 16.1. The van der Waals surface area contributed by atoms with E-state index in [0.29, 0.717) is 28.6 Å². The van der Waals surface area contributed by atoms with Crippen molar-refractivity contribution in [1.29, 1.82) is 0 Å². The van der Waals surface area contributed by atoms with Crippen LogP contribution in [0, 0.1) is 0 Å². The van der Waals surface area contributed by atoms with E-state index in [1.165, 1.54) is 5.56 Å². The lowest BCUT2D eigenvalue weighted by atomic mass is 10.1. The van der Waals surface area contributed by atoms with E-state index in [0.717, 1.165) is 17.7 Å². The molecule has 0 atom stereocenters. The smallest absolute Gasteiger partial charge is 0.255 e. The third-order valence-electron chi connectivity index (χ3n) is 4.98. The molecule has 4 aromatic rings. The second kappa shape index (κ2) is 10.7. The molecule has 0 aliphatic carbocycles. The highest BCUT2D eigenvalue weighted by Gasteiger charge is 2.09. The van der Waals surface area contributed by atoms with Crippen LogP contribution in [0.1, 0.15) is 28.4 Å². The zero-order valence-corrected chi connectivity index (χ0v) is 19.0. The lowest BCUT2D eigenvalue weighted by molar-refractivity contribution is 0.102. The minimum absolute atomic E-state index is 0.227. The monoisotopic (exact) mass is 461 g/mol. The number of nitrogens with one attached hydrogen (secondary N) is 1. The first-order valence-corrected chi connectivity index (χ1v) is 11.0. The number of halogens is 1. The normalized spacial score (nSPS) is 10.6. The van der Waals surface area contributed by atoms with Gasteiger partial charge >= 0.3 is 0 Å². The molecular formula is C26H24ClN3O3. The van der Waals surface area contributed by atoms with Crippen LogP contribution in [0.2, 0.25) is 5.02 Å². The fourth-order valence-electron chi connectivity index (χ4n) is 3.19. The summed E-state index contributed by atoms with van der Waals surface area (Å²) in [5, 5.41) is 7.72. The number of ether oxygens (including phenoxy) is 2. The summed E-state index contributed by atoms with van der Waals surface area (Å²) >= 11 is 5.99. The highest BCUT2D eigenvalue weighted by Crippen LogP contribution is 2.19. The van der Waals surface area contributed by atoms with Gasteiger partial charge in [-0.2, -0.15) is 5.10 Å². The van der Waals surface area contributed by atoms with E-state index in [4.69, 9.17) is 21.1 Å². The fourth-order valence-corrected chi connectivity index (χ4v) is 3.37. The number of amides is 1. The molecule has 0 saturated carbocycles. The Balaban J connectivity index is 1.31. The van der Waals surface area contributed by atoms with Gasteiger partial charge in [-0.05, 0) is 60.0 Å². The van der Waals surface area contributed by atoms with Crippen LogP contribution in [0.4, 0.5) is 5.69 Å². The van der Waals surface area contributed by atoms with Crippen LogP contribution in [-0.2, 0) is 19.8 Å². The van der Waals surface area contributed by atoms with E-state index in [-0.39, 0.29) is 12.6 Å². The first kappa shape index (κ1) is 22.4. The SMILES string of the molecule is CCc1ccc(OCn2cc(NC(=O)c3cccc(COc4cccc(Cl)c4)c3)cn2)cc1. The average molecular weight is 462 g/mol. The van der Waals surface area contributed by atoms with Gasteiger partial charge < -0.3 is 14.8 Å². The summed E-state index contributed by atoms with van der Waals surface area (Å²) < 4.78 is 13.1. The number of benzene rings is 3. The van der Waals surface area contributed by atoms with Crippen molar-refractivity contribution < 1.29 is 14.3 Å². The van der Waals surface area contributed by atoms with Crippen molar-refractivity contribution in [3.8, 4) is 11.5 Å². The largest absolute Gasteiger partial charge is 0.489 e. The molecule has 0 unspecified atom stereocenters. The van der Waals surface area contributed by atoms with Gasteiger partial charge in [0, 0.05) is 10.6 Å². The molecule has 0 fully saturated rings. The number of rotatable bonds is 9. The maximum atomic E-state index is 12.7. The van der Waals surface area contributed by atoms with E-state index >= 15 is 0 Å². The van der Waals surface area contributed by atoms with Crippen LogP contribution in [0.5, 0.6) is 11.5 Å². The predicted octanol–water partition coefficient (Wildman–Crippen LogP) is 5.97. The van der Waals surface area contributed by atoms with Crippen LogP contribution in [-0.4, -0.2) is 15.7 Å². The molecule has 168 valence electrons. The molecule has 0 aliphatic heterocycles. The molecule has 0 bridgehead atoms. The van der Waals surface area contributed by atoms with Gasteiger partial charge in [0.1, 0.15) is 18.1 Å². The summed E-state index contributed by atoms with van der Waals surface area (Å²) in [5.74, 6) is 1.22. The second-order valence-corrected chi connectivity index (χ2v) is 7.88. The Morgan fingerprint density at radius 1 is 0.970 bits per heavy atom. The Hall–Kier alpha value is -3.77. The lowest BCUT2D eigenvalue weighted by Gasteiger charge is -2.08. The van der Waals surface area contributed by atoms with Crippen molar-refractivity contribution in [2.24, 2.45) is 0 Å². The molecule has 1 aromatic heterocycles. The van der Waals surface area contributed by atoms with Gasteiger partial charge in [-0.15, -0.1) is 0 Å². The maximum Gasteiger partial charge on any atom is 0.255 e. The number of carbonyl (C=O) groups is 1. The topological polar surface area (TPSA) is 65.4 Å². The number of hydrogen-bond acceptors (Lipinski definition) is 4. The zero-order chi connectivity index (χ0) is 23.0. The standard InChI is InChI=1S/C26H24ClN3O3/c1-2-19-9-11-24(12-10-19)33-18-30-16-23(15-28-30)29-26(31)21-6-3-5-20(13-21)17-32-25-8-4-7-22(27)14-25/h3-16H,2,17-18H2,1H3,(H,29,31). The van der Waals surface area contributed by atoms with E-state index in [9.17, 15) is 4.79 Å². The van der Waals surface area contributed by atoms with Gasteiger partial charge in [0.15, 0.2) is 6.73 Å². The van der Waals surface area contributed by atoms with Crippen LogP contribution in [0.15, 0.2) is 85.2 Å². The summed E-state index contributed by atoms with van der Waals surface area (Å²) in [5.41, 5.74) is 3.25. The third kappa shape index (κ3) is 6.37. The molecule has 1 N–H and O–H groups in total. The molecule has 1 amide bonds. The van der Waals surface area contributed by atoms with E-state index in [2.05, 4.69) is 17.3 Å². The Kier molecular flexibility index (Phi) is 7.27. The van der Waals surface area contributed by atoms with Gasteiger partial charge in [-0.3, -0.25) is 4.79 Å². The average Bonchev–Trinajstić information content (AvgIpc) is 3.29. The summed E-state index contributed by atoms with van der Waals surface area (Å²) in [6.07, 6.45) is 4.30. The van der Waals surface area contributed by atoms with Crippen molar-refractivity contribution in [3.05, 3.63) is 107 Å². The van der Waals surface area contributed by atoms with Crippen LogP contribution in [0.3, 0.4) is 0 Å². The summed E-state index contributed by atoms with van der Waals surface area (Å²) in [7, 11) is 0. The lowest BCUT2D eigenvalue weighted by Crippen LogP contribution is -2.12. The van der Waals surface area contributed by atoms with E-state index in [1.54, 1.807) is 41.3 Å². The molecule has 1 heterocycles. The van der Waals surface area contributed by atoms with Crippen molar-refractivity contribution in [2.75, 3.05) is 5.32 Å². The number of nitrogens with zero attached hydrogens (tertiary/aromatic N) is 2. The molecular weight excluding hydrogens is 438 g/mol. The van der Waals surface area contributed by atoms with E-state index in [1.807, 2.05) is 48.5 Å². The molecule has 33 heavy (non-hydrogen) atoms. The molecule has 4 rings (SSSR count). The first-order valence-electron chi connectivity index (χ1n) is 10.6. The zero-order valence-electron chi connectivity index (χ0n) is 18.2. The highest BCUT2D eigenvalue weighted by atomic mass is 35.5. The molecule has 7 heteroatoms. The highest BCUT2D eigenvalue weighted by molar-refractivity contribution is 6.30. The predicted molar refractivity (Wildman–Crippen MR) is 129 cm³/mol. The Labute approximate surface area is 197 Å². The summed E-state index contributed by atoms with van der Waals surface area (Å²) in [6, 6.07) is 22.4. The number of aromatic nitrogens is 2. The maximum absolute atomic E-state index is 12.7. The van der Waals surface area contributed by atoms with Crippen LogP contribution in [0.25, 0.3) is 0 Å². The minimum Gasteiger partial charge on any atom is -0.489 e. The molecule has 0 aliphatic rings. The van der Waals surface area contributed by atoms with Gasteiger partial charge in [-0.25, -0.2) is 4.68 Å². The van der Waals surface area contributed by atoms with Crippen molar-refractivity contribution in [1.82, 2.24) is 9.78 Å². The minimum atomic E-state index is -0.227. The third-order valence-corrected chi connectivity index (χ3v) is 5.21. The Bertz CT molecular complexity index is 1220. The Morgan fingerprint density at radius 2 is 1.79 bits per heavy atom. The molecule has 0 saturated heterocycles. The van der Waals surface area contributed by atoms with Gasteiger partial charge in [0.2, 0.25) is 0 Å². The summed E-state index contributed by atoms with van der Waals surface area (Å²) in [6.45, 7) is 2.69. The van der Waals surface area contributed by atoms with Crippen molar-refractivity contribution >= 4 is 23.2 Å². The fraction of sp³-hybridized carbons (Fsp3) is 0.154. The van der Waals surface area contributed by atoms with Gasteiger partial charge in [-0.1, -0.05) is 48.9 Å². The molecule has 0 radical (unpaired) electrons. The van der Waals surface area contributed by atoms with Crippen molar-refractivity contribution in [2.45, 2.75) is 26.7 Å². The number of hydrogen-bond donors (Lipinski definition) is 1. The molecule has 3 aromatic carbocycles. The van der Waals surface area contributed by atoms with Crippen LogP contribution >= 0.6 is 11.6 Å². The summed E-state index contributed by atoms with van der Waals surface area (Å²) in [4.78, 5) is 12.7. The quantitative estimate of drug-likeness (QED) is 0.333. The number of aryl methyl sites for hydroxylation is 1. The van der Waals surface area contributed by atoms with E-state index < -0.39 is 0 Å². The Morgan fingerprint density at radius 3 is 2.58 bits per heavy atom. The molecule has 6 nitrogen and oxygen atoms in total. The number of anilines is 1. The van der Waals surface area contributed by atoms with Gasteiger partial charge in [0.25, 0.3) is 5.91 Å². The molecule has 0 spiro atoms. The number of carbonyl (C=O) groups excluding carboxylic acids is 1.